The van der Waals surface area contributed by atoms with Crippen LogP contribution in [0.1, 0.15) is 30.0 Å². The van der Waals surface area contributed by atoms with Gasteiger partial charge in [0.05, 0.1) is 12.7 Å². The maximum atomic E-state index is 9.32. The highest BCUT2D eigenvalue weighted by Gasteiger charge is 2.19. The zero-order chi connectivity index (χ0) is 16.5. The summed E-state index contributed by atoms with van der Waals surface area (Å²) in [5, 5.41) is 36.2. The minimum absolute atomic E-state index is 0.179. The molecule has 1 aromatic carbocycles. The summed E-state index contributed by atoms with van der Waals surface area (Å²) in [6, 6.07) is 8.78. The topological polar surface area (TPSA) is 127 Å². The maximum absolute atomic E-state index is 9.32. The van der Waals surface area contributed by atoms with Crippen molar-refractivity contribution in [2.45, 2.75) is 31.4 Å². The molecular formula is C15H21NO6. The van der Waals surface area contributed by atoms with E-state index in [0.717, 1.165) is 12.8 Å². The minimum Gasteiger partial charge on any atom is -0.473 e. The van der Waals surface area contributed by atoms with Crippen LogP contribution in [0.2, 0.25) is 0 Å². The van der Waals surface area contributed by atoms with E-state index in [1.54, 1.807) is 0 Å². The first-order chi connectivity index (χ1) is 10.5. The summed E-state index contributed by atoms with van der Waals surface area (Å²) in [4.78, 5) is 18.2. The van der Waals surface area contributed by atoms with Gasteiger partial charge in [-0.2, -0.15) is 0 Å². The Kier molecular flexibility index (Phi) is 7.51. The van der Waals surface area contributed by atoms with Crippen LogP contribution in [0.4, 0.5) is 0 Å². The number of aliphatic hydroxyl groups is 2. The SMILES string of the molecule is O=C(O)C(=O)O.OCC(O)CNC1CCCc2ccccc21. The molecule has 2 unspecified atom stereocenters. The van der Waals surface area contributed by atoms with Crippen molar-refractivity contribution < 1.29 is 30.0 Å². The van der Waals surface area contributed by atoms with Crippen LogP contribution in [-0.4, -0.2) is 51.6 Å². The molecule has 0 radical (unpaired) electrons. The van der Waals surface area contributed by atoms with Crippen molar-refractivity contribution in [3.05, 3.63) is 35.4 Å². The molecule has 2 rings (SSSR count). The highest BCUT2D eigenvalue weighted by atomic mass is 16.4. The molecule has 0 saturated heterocycles. The van der Waals surface area contributed by atoms with Crippen LogP contribution >= 0.6 is 0 Å². The monoisotopic (exact) mass is 311 g/mol. The molecule has 0 amide bonds. The zero-order valence-corrected chi connectivity index (χ0v) is 12.1. The van der Waals surface area contributed by atoms with E-state index in [-0.39, 0.29) is 6.61 Å². The number of carboxylic acids is 2. The van der Waals surface area contributed by atoms with Gasteiger partial charge in [0.15, 0.2) is 0 Å². The average molecular weight is 311 g/mol. The van der Waals surface area contributed by atoms with Gasteiger partial charge in [-0.15, -0.1) is 0 Å². The van der Waals surface area contributed by atoms with Gasteiger partial charge < -0.3 is 25.7 Å². The predicted molar refractivity (Wildman–Crippen MR) is 78.5 cm³/mol. The molecule has 0 bridgehead atoms. The Labute approximate surface area is 128 Å². The van der Waals surface area contributed by atoms with Gasteiger partial charge in [-0.25, -0.2) is 9.59 Å². The minimum atomic E-state index is -1.82. The number of carboxylic acid groups (broad SMARTS) is 2. The zero-order valence-electron chi connectivity index (χ0n) is 12.1. The largest absolute Gasteiger partial charge is 0.473 e. The highest BCUT2D eigenvalue weighted by Crippen LogP contribution is 2.29. The molecule has 1 aromatic rings. The van der Waals surface area contributed by atoms with Gasteiger partial charge in [0, 0.05) is 12.6 Å². The van der Waals surface area contributed by atoms with Crippen molar-refractivity contribution in [1.29, 1.82) is 0 Å². The van der Waals surface area contributed by atoms with E-state index in [1.165, 1.54) is 17.5 Å². The van der Waals surface area contributed by atoms with E-state index in [9.17, 15) is 5.11 Å². The lowest BCUT2D eigenvalue weighted by Gasteiger charge is -2.27. The summed E-state index contributed by atoms with van der Waals surface area (Å²) in [7, 11) is 0. The second-order valence-corrected chi connectivity index (χ2v) is 5.00. The van der Waals surface area contributed by atoms with Gasteiger partial charge in [0.25, 0.3) is 0 Å². The first-order valence-corrected chi connectivity index (χ1v) is 7.02. The first-order valence-electron chi connectivity index (χ1n) is 7.02. The fourth-order valence-corrected chi connectivity index (χ4v) is 2.31. The molecular weight excluding hydrogens is 290 g/mol. The molecule has 1 aliphatic rings. The number of rotatable bonds is 4. The Hall–Kier alpha value is -1.96. The Morgan fingerprint density at radius 3 is 2.45 bits per heavy atom. The van der Waals surface area contributed by atoms with Crippen molar-refractivity contribution in [2.24, 2.45) is 0 Å². The van der Waals surface area contributed by atoms with E-state index in [4.69, 9.17) is 24.9 Å². The summed E-state index contributed by atoms with van der Waals surface area (Å²) < 4.78 is 0. The molecule has 0 heterocycles. The summed E-state index contributed by atoms with van der Waals surface area (Å²) in [6.45, 7) is 0.275. The quantitative estimate of drug-likeness (QED) is 0.501. The van der Waals surface area contributed by atoms with Crippen molar-refractivity contribution in [2.75, 3.05) is 13.2 Å². The molecule has 5 N–H and O–H groups in total. The third-order valence-corrected chi connectivity index (χ3v) is 3.36. The van der Waals surface area contributed by atoms with Crippen LogP contribution in [0, 0.1) is 0 Å². The van der Waals surface area contributed by atoms with Crippen LogP contribution in [0.15, 0.2) is 24.3 Å². The second kappa shape index (κ2) is 9.14. The van der Waals surface area contributed by atoms with Crippen molar-refractivity contribution >= 4 is 11.9 Å². The van der Waals surface area contributed by atoms with E-state index in [0.29, 0.717) is 12.6 Å². The molecule has 0 aromatic heterocycles. The summed E-state index contributed by atoms with van der Waals surface area (Å²) in [6.07, 6.45) is 2.78. The molecule has 0 fully saturated rings. The number of aliphatic carboxylic acids is 2. The average Bonchev–Trinajstić information content (AvgIpc) is 2.53. The van der Waals surface area contributed by atoms with Crippen LogP contribution in [0.5, 0.6) is 0 Å². The highest BCUT2D eigenvalue weighted by molar-refractivity contribution is 6.27. The fourth-order valence-electron chi connectivity index (χ4n) is 2.31. The third kappa shape index (κ3) is 5.80. The van der Waals surface area contributed by atoms with Gasteiger partial charge in [-0.05, 0) is 30.4 Å². The van der Waals surface area contributed by atoms with E-state index < -0.39 is 18.0 Å². The molecule has 7 heteroatoms. The van der Waals surface area contributed by atoms with Crippen LogP contribution in [-0.2, 0) is 16.0 Å². The maximum Gasteiger partial charge on any atom is 0.414 e. The molecule has 0 saturated carbocycles. The number of hydrogen-bond acceptors (Lipinski definition) is 5. The fraction of sp³-hybridized carbons (Fsp3) is 0.467. The predicted octanol–water partition coefficient (Wildman–Crippen LogP) is 0.162. The van der Waals surface area contributed by atoms with Crippen LogP contribution in [0.25, 0.3) is 0 Å². The Bertz CT molecular complexity index is 493. The van der Waals surface area contributed by atoms with Crippen molar-refractivity contribution in [3.63, 3.8) is 0 Å². The van der Waals surface area contributed by atoms with Crippen LogP contribution in [0.3, 0.4) is 0 Å². The number of aliphatic hydroxyl groups excluding tert-OH is 2. The molecule has 7 nitrogen and oxygen atoms in total. The Morgan fingerprint density at radius 2 is 1.86 bits per heavy atom. The van der Waals surface area contributed by atoms with E-state index in [1.807, 2.05) is 0 Å². The lowest BCUT2D eigenvalue weighted by molar-refractivity contribution is -0.159. The van der Waals surface area contributed by atoms with Crippen molar-refractivity contribution in [3.8, 4) is 0 Å². The smallest absolute Gasteiger partial charge is 0.414 e. The lowest BCUT2D eigenvalue weighted by atomic mass is 9.88. The normalized spacial score (nSPS) is 17.6. The number of aryl methyl sites for hydroxylation is 1. The standard InChI is InChI=1S/C13H19NO2.C2H2O4/c15-9-11(16)8-14-13-7-3-5-10-4-1-2-6-12(10)13;3-1(4)2(5)6/h1-2,4,6,11,13-16H,3,5,7-9H2;(H,3,4)(H,5,6). The molecule has 0 aliphatic heterocycles. The molecule has 122 valence electrons. The summed E-state index contributed by atoms with van der Waals surface area (Å²) in [5.74, 6) is -3.65. The number of fused-ring (bicyclic) bond motifs is 1. The van der Waals surface area contributed by atoms with Crippen molar-refractivity contribution in [1.82, 2.24) is 5.32 Å². The van der Waals surface area contributed by atoms with Gasteiger partial charge in [0.1, 0.15) is 0 Å². The lowest BCUT2D eigenvalue weighted by Crippen LogP contribution is -2.33. The second-order valence-electron chi connectivity index (χ2n) is 5.00. The van der Waals surface area contributed by atoms with Gasteiger partial charge in [-0.1, -0.05) is 24.3 Å². The number of hydrogen-bond donors (Lipinski definition) is 5. The van der Waals surface area contributed by atoms with Gasteiger partial charge in [-0.3, -0.25) is 0 Å². The number of benzene rings is 1. The Morgan fingerprint density at radius 1 is 1.23 bits per heavy atom. The molecule has 2 atom stereocenters. The van der Waals surface area contributed by atoms with Crippen LogP contribution < -0.4 is 5.32 Å². The third-order valence-electron chi connectivity index (χ3n) is 3.36. The number of nitrogens with one attached hydrogen (secondary N) is 1. The molecule has 1 aliphatic carbocycles. The molecule has 0 spiro atoms. The molecule has 22 heavy (non-hydrogen) atoms. The van der Waals surface area contributed by atoms with E-state index >= 15 is 0 Å². The van der Waals surface area contributed by atoms with Gasteiger partial charge >= 0.3 is 11.9 Å². The summed E-state index contributed by atoms with van der Waals surface area (Å²) in [5.41, 5.74) is 2.75. The first kappa shape index (κ1) is 18.1. The Balaban J connectivity index is 0.000000346. The van der Waals surface area contributed by atoms with E-state index in [2.05, 4.69) is 29.6 Å². The summed E-state index contributed by atoms with van der Waals surface area (Å²) >= 11 is 0. The number of carbonyl (C=O) groups is 2. The van der Waals surface area contributed by atoms with Gasteiger partial charge in [0.2, 0.25) is 0 Å².